The summed E-state index contributed by atoms with van der Waals surface area (Å²) in [5.41, 5.74) is 17.5. The molecule has 55 heavy (non-hydrogen) atoms. The lowest BCUT2D eigenvalue weighted by atomic mass is 9.66. The number of rotatable bonds is 5. The van der Waals surface area contributed by atoms with Gasteiger partial charge in [-0.15, -0.1) is 11.3 Å². The van der Waals surface area contributed by atoms with Gasteiger partial charge in [0.05, 0.1) is 15.9 Å². The minimum Gasteiger partial charge on any atom is -0.226 e. The van der Waals surface area contributed by atoms with Gasteiger partial charge in [-0.2, -0.15) is 0 Å². The maximum Gasteiger partial charge on any atom is 0.160 e. The molecule has 2 heterocycles. The van der Waals surface area contributed by atoms with Crippen molar-refractivity contribution < 1.29 is 0 Å². The molecule has 0 atom stereocenters. The van der Waals surface area contributed by atoms with Gasteiger partial charge in [0.1, 0.15) is 0 Å². The summed E-state index contributed by atoms with van der Waals surface area (Å²) in [6, 6.07) is 62.1. The normalized spacial score (nSPS) is 14.3. The molecule has 0 bridgehead atoms. The summed E-state index contributed by atoms with van der Waals surface area (Å²) in [6.07, 6.45) is 6.34. The predicted molar refractivity (Wildman–Crippen MR) is 231 cm³/mol. The van der Waals surface area contributed by atoms with Crippen molar-refractivity contribution in [3.63, 3.8) is 0 Å². The van der Waals surface area contributed by atoms with Crippen LogP contribution in [0.5, 0.6) is 0 Å². The lowest BCUT2D eigenvalue weighted by Crippen LogP contribution is -2.28. The highest BCUT2D eigenvalue weighted by molar-refractivity contribution is 7.26. The number of benzene rings is 7. The largest absolute Gasteiger partial charge is 0.226 e. The first-order valence-corrected chi connectivity index (χ1v) is 20.3. The van der Waals surface area contributed by atoms with Crippen LogP contribution in [0.2, 0.25) is 0 Å². The van der Waals surface area contributed by atoms with Crippen LogP contribution in [0, 0.1) is 0 Å². The third-order valence-corrected chi connectivity index (χ3v) is 13.3. The van der Waals surface area contributed by atoms with Crippen molar-refractivity contribution in [2.45, 2.75) is 37.5 Å². The van der Waals surface area contributed by atoms with E-state index >= 15 is 0 Å². The van der Waals surface area contributed by atoms with Gasteiger partial charge in [0.25, 0.3) is 0 Å². The van der Waals surface area contributed by atoms with Crippen molar-refractivity contribution in [1.82, 2.24) is 9.97 Å². The van der Waals surface area contributed by atoms with E-state index in [4.69, 9.17) is 9.97 Å². The summed E-state index contributed by atoms with van der Waals surface area (Å²) in [6.45, 7) is 0. The number of hydrogen-bond donors (Lipinski definition) is 0. The molecule has 9 aromatic rings. The highest BCUT2D eigenvalue weighted by Gasteiger charge is 2.45. The molecule has 0 amide bonds. The first-order chi connectivity index (χ1) is 27.2. The van der Waals surface area contributed by atoms with Crippen LogP contribution in [0.1, 0.15) is 43.2 Å². The Balaban J connectivity index is 1.02. The predicted octanol–water partition coefficient (Wildman–Crippen LogP) is 14.4. The molecular weight excluding hydrogens is 685 g/mol. The van der Waals surface area contributed by atoms with Crippen LogP contribution in [0.4, 0.5) is 0 Å². The fraction of sp³-hybridized carbons (Fsp3) is 0.115. The van der Waals surface area contributed by atoms with Gasteiger partial charge in [-0.25, -0.2) is 9.97 Å². The quantitative estimate of drug-likeness (QED) is 0.177. The van der Waals surface area contributed by atoms with E-state index in [0.717, 1.165) is 32.9 Å². The van der Waals surface area contributed by atoms with Crippen LogP contribution in [0.15, 0.2) is 170 Å². The van der Waals surface area contributed by atoms with Crippen molar-refractivity contribution in [2.75, 3.05) is 0 Å². The van der Waals surface area contributed by atoms with E-state index in [2.05, 4.69) is 170 Å². The Bertz CT molecular complexity index is 2900. The zero-order valence-corrected chi connectivity index (χ0v) is 31.3. The molecule has 0 radical (unpaired) electrons. The van der Waals surface area contributed by atoms with E-state index in [1.165, 1.54) is 92.3 Å². The molecule has 1 saturated carbocycles. The Morgan fingerprint density at radius 2 is 1.04 bits per heavy atom. The van der Waals surface area contributed by atoms with E-state index in [0.29, 0.717) is 0 Å². The van der Waals surface area contributed by atoms with Crippen molar-refractivity contribution in [1.29, 1.82) is 0 Å². The molecule has 3 heteroatoms. The molecular formula is C52H38N2S. The van der Waals surface area contributed by atoms with E-state index in [-0.39, 0.29) is 5.41 Å². The van der Waals surface area contributed by atoms with Crippen LogP contribution in [-0.4, -0.2) is 9.97 Å². The number of aromatic nitrogens is 2. The molecule has 0 aliphatic heterocycles. The Kier molecular flexibility index (Phi) is 7.63. The van der Waals surface area contributed by atoms with Crippen LogP contribution in [0.25, 0.3) is 87.5 Å². The SMILES string of the molecule is c1ccc(-c2ccc(-c3nc(-c4cccc(-c5cccc(-c6cccc7c6C6(CCCCC6)c6ccccc6-7)c5)c4)c4sc5ccccc5c4n3)cc2)cc1. The number of hydrogen-bond acceptors (Lipinski definition) is 3. The van der Waals surface area contributed by atoms with Crippen LogP contribution in [0.3, 0.4) is 0 Å². The second-order valence-corrected chi connectivity index (χ2v) is 16.2. The molecule has 1 fully saturated rings. The van der Waals surface area contributed by atoms with Crippen molar-refractivity contribution in [3.05, 3.63) is 181 Å². The second kappa shape index (κ2) is 13.0. The fourth-order valence-electron chi connectivity index (χ4n) is 9.55. The van der Waals surface area contributed by atoms with Crippen LogP contribution >= 0.6 is 11.3 Å². The Labute approximate surface area is 325 Å². The van der Waals surface area contributed by atoms with Crippen LogP contribution in [-0.2, 0) is 5.41 Å². The molecule has 2 nitrogen and oxygen atoms in total. The molecule has 0 unspecified atom stereocenters. The minimum atomic E-state index is 0.0961. The molecule has 2 aliphatic carbocycles. The smallest absolute Gasteiger partial charge is 0.160 e. The Hall–Kier alpha value is -6.16. The first kappa shape index (κ1) is 32.3. The van der Waals surface area contributed by atoms with Crippen LogP contribution < -0.4 is 0 Å². The zero-order chi connectivity index (χ0) is 36.3. The van der Waals surface area contributed by atoms with E-state index in [1.807, 2.05) is 0 Å². The van der Waals surface area contributed by atoms with Crippen molar-refractivity contribution in [3.8, 4) is 67.2 Å². The second-order valence-electron chi connectivity index (χ2n) is 15.2. The lowest BCUT2D eigenvalue weighted by Gasteiger charge is -2.37. The summed E-state index contributed by atoms with van der Waals surface area (Å²) >= 11 is 1.78. The van der Waals surface area contributed by atoms with Crippen molar-refractivity contribution in [2.24, 2.45) is 0 Å². The fourth-order valence-corrected chi connectivity index (χ4v) is 10.7. The van der Waals surface area contributed by atoms with E-state index in [1.54, 1.807) is 16.9 Å². The third-order valence-electron chi connectivity index (χ3n) is 12.1. The van der Waals surface area contributed by atoms with Gasteiger partial charge in [-0.1, -0.05) is 171 Å². The monoisotopic (exact) mass is 722 g/mol. The summed E-state index contributed by atoms with van der Waals surface area (Å²) in [5.74, 6) is 0.744. The van der Waals surface area contributed by atoms with Gasteiger partial charge >= 0.3 is 0 Å². The highest BCUT2D eigenvalue weighted by atomic mass is 32.1. The van der Waals surface area contributed by atoms with Gasteiger partial charge in [0.2, 0.25) is 0 Å². The van der Waals surface area contributed by atoms with Crippen molar-refractivity contribution >= 4 is 31.6 Å². The van der Waals surface area contributed by atoms with E-state index < -0.39 is 0 Å². The number of nitrogens with zero attached hydrogens (tertiary/aromatic N) is 2. The van der Waals surface area contributed by atoms with E-state index in [9.17, 15) is 0 Å². The van der Waals surface area contributed by atoms with Gasteiger partial charge in [0.15, 0.2) is 5.82 Å². The molecule has 2 aliphatic rings. The Morgan fingerprint density at radius 3 is 1.87 bits per heavy atom. The lowest BCUT2D eigenvalue weighted by molar-refractivity contribution is 0.353. The zero-order valence-electron chi connectivity index (χ0n) is 30.5. The summed E-state index contributed by atoms with van der Waals surface area (Å²) in [5, 5.41) is 1.17. The average Bonchev–Trinajstić information content (AvgIpc) is 3.77. The molecule has 2 aromatic heterocycles. The maximum atomic E-state index is 5.35. The summed E-state index contributed by atoms with van der Waals surface area (Å²) < 4.78 is 2.34. The summed E-state index contributed by atoms with van der Waals surface area (Å²) in [4.78, 5) is 10.6. The van der Waals surface area contributed by atoms with Gasteiger partial charge in [-0.3, -0.25) is 0 Å². The molecule has 0 N–H and O–H groups in total. The minimum absolute atomic E-state index is 0.0961. The topological polar surface area (TPSA) is 25.8 Å². The molecule has 1 spiro atoms. The molecule has 7 aromatic carbocycles. The standard InChI is InChI=1S/C52H38N2S/c1-3-14-34(15-4-1)35-26-28-36(29-27-35)51-53-48(50-49(54-51)44-21-6-8-25-46(44)55-50)40-19-12-17-38(33-40)37-16-11-18-39(32-37)41-22-13-23-43-42-20-5-7-24-45(42)52(47(41)43)30-9-2-10-31-52/h1,3-8,11-29,32-33H,2,9-10,30-31H2. The third kappa shape index (κ3) is 5.29. The summed E-state index contributed by atoms with van der Waals surface area (Å²) in [7, 11) is 0. The average molecular weight is 723 g/mol. The Morgan fingerprint density at radius 1 is 0.436 bits per heavy atom. The molecule has 0 saturated heterocycles. The van der Waals surface area contributed by atoms with Gasteiger partial charge < -0.3 is 0 Å². The first-order valence-electron chi connectivity index (χ1n) is 19.5. The molecule has 11 rings (SSSR count). The maximum absolute atomic E-state index is 5.35. The molecule has 262 valence electrons. The van der Waals surface area contributed by atoms with Gasteiger partial charge in [-0.05, 0) is 86.7 Å². The number of fused-ring (bicyclic) bond motifs is 8. The highest BCUT2D eigenvalue weighted by Crippen LogP contribution is 2.58. The van der Waals surface area contributed by atoms with Gasteiger partial charge in [0, 0.05) is 26.6 Å². The number of thiophene rings is 1.